The van der Waals surface area contributed by atoms with E-state index in [0.717, 1.165) is 47.1 Å². The van der Waals surface area contributed by atoms with Crippen LogP contribution in [-0.4, -0.2) is 28.0 Å². The van der Waals surface area contributed by atoms with Gasteiger partial charge in [-0.05, 0) is 36.8 Å². The van der Waals surface area contributed by atoms with Crippen LogP contribution in [0.5, 0.6) is 0 Å². The van der Waals surface area contributed by atoms with Crippen LogP contribution in [0.1, 0.15) is 6.42 Å². The molecule has 0 unspecified atom stereocenters. The third-order valence-electron chi connectivity index (χ3n) is 4.81. The van der Waals surface area contributed by atoms with Gasteiger partial charge in [0.15, 0.2) is 0 Å². The smallest absolute Gasteiger partial charge is 0.229 e. The Bertz CT molecular complexity index is 1090. The summed E-state index contributed by atoms with van der Waals surface area (Å²) in [5.74, 6) is 0.595. The Hall–Kier alpha value is -3.34. The Labute approximate surface area is 151 Å². The van der Waals surface area contributed by atoms with Gasteiger partial charge in [-0.2, -0.15) is 4.98 Å². The quantitative estimate of drug-likeness (QED) is 0.534. The van der Waals surface area contributed by atoms with Gasteiger partial charge in [0.25, 0.3) is 0 Å². The van der Waals surface area contributed by atoms with E-state index in [4.69, 9.17) is 0 Å². The first-order chi connectivity index (χ1) is 12.9. The molecule has 26 heavy (non-hydrogen) atoms. The average Bonchev–Trinajstić information content (AvgIpc) is 3.07. The lowest BCUT2D eigenvalue weighted by Crippen LogP contribution is -2.26. The zero-order valence-electron chi connectivity index (χ0n) is 14.3. The number of hydrogen-bond donors (Lipinski definition) is 2. The number of anilines is 3. The molecule has 0 radical (unpaired) electrons. The Morgan fingerprint density at radius 2 is 1.85 bits per heavy atom. The highest BCUT2D eigenvalue weighted by Gasteiger charge is 2.09. The van der Waals surface area contributed by atoms with E-state index in [1.807, 2.05) is 18.3 Å². The van der Waals surface area contributed by atoms with Gasteiger partial charge in [0.1, 0.15) is 5.65 Å². The second-order valence-corrected chi connectivity index (χ2v) is 6.50. The van der Waals surface area contributed by atoms with Crippen LogP contribution >= 0.6 is 0 Å². The van der Waals surface area contributed by atoms with Gasteiger partial charge in [-0.25, -0.2) is 4.98 Å². The zero-order valence-corrected chi connectivity index (χ0v) is 14.3. The predicted octanol–water partition coefficient (Wildman–Crippen LogP) is 4.62. The SMILES string of the molecule is C1=CCN(c2ccc(Nc3ncc4c(n3)[nH]c3ccccc34)cc2)CC1. The lowest BCUT2D eigenvalue weighted by atomic mass is 10.2. The number of nitrogens with zero attached hydrogens (tertiary/aromatic N) is 3. The topological polar surface area (TPSA) is 56.8 Å². The van der Waals surface area contributed by atoms with Crippen molar-refractivity contribution < 1.29 is 0 Å². The van der Waals surface area contributed by atoms with Crippen molar-refractivity contribution in [1.29, 1.82) is 0 Å². The van der Waals surface area contributed by atoms with Crippen molar-refractivity contribution in [2.24, 2.45) is 0 Å². The fraction of sp³-hybridized carbons (Fsp3) is 0.143. The highest BCUT2D eigenvalue weighted by molar-refractivity contribution is 6.05. The van der Waals surface area contributed by atoms with Crippen LogP contribution in [0, 0.1) is 0 Å². The summed E-state index contributed by atoms with van der Waals surface area (Å²) in [4.78, 5) is 14.8. The van der Waals surface area contributed by atoms with E-state index in [0.29, 0.717) is 5.95 Å². The minimum Gasteiger partial charge on any atom is -0.367 e. The fourth-order valence-corrected chi connectivity index (χ4v) is 3.45. The summed E-state index contributed by atoms with van der Waals surface area (Å²) in [6.07, 6.45) is 7.44. The first-order valence-corrected chi connectivity index (χ1v) is 8.87. The summed E-state index contributed by atoms with van der Waals surface area (Å²) in [5, 5.41) is 5.48. The maximum Gasteiger partial charge on any atom is 0.229 e. The lowest BCUT2D eigenvalue weighted by molar-refractivity contribution is 0.821. The summed E-state index contributed by atoms with van der Waals surface area (Å²) in [6.45, 7) is 2.05. The molecule has 0 saturated heterocycles. The number of aromatic nitrogens is 3. The van der Waals surface area contributed by atoms with Crippen molar-refractivity contribution in [2.45, 2.75) is 6.42 Å². The first kappa shape index (κ1) is 15.0. The summed E-state index contributed by atoms with van der Waals surface area (Å²) >= 11 is 0. The molecular formula is C21H19N5. The van der Waals surface area contributed by atoms with E-state index in [1.165, 1.54) is 5.69 Å². The van der Waals surface area contributed by atoms with Gasteiger partial charge < -0.3 is 15.2 Å². The fourth-order valence-electron chi connectivity index (χ4n) is 3.45. The van der Waals surface area contributed by atoms with Crippen molar-refractivity contribution >= 4 is 39.3 Å². The van der Waals surface area contributed by atoms with Crippen molar-refractivity contribution in [2.75, 3.05) is 23.3 Å². The monoisotopic (exact) mass is 341 g/mol. The third kappa shape index (κ3) is 2.67. The van der Waals surface area contributed by atoms with E-state index in [-0.39, 0.29) is 0 Å². The number of rotatable bonds is 3. The molecule has 3 heterocycles. The maximum atomic E-state index is 4.62. The molecule has 0 fully saturated rings. The van der Waals surface area contributed by atoms with Crippen molar-refractivity contribution in [3.63, 3.8) is 0 Å². The highest BCUT2D eigenvalue weighted by atomic mass is 15.1. The molecule has 0 saturated carbocycles. The molecule has 128 valence electrons. The van der Waals surface area contributed by atoms with E-state index >= 15 is 0 Å². The molecule has 1 aliphatic heterocycles. The van der Waals surface area contributed by atoms with Gasteiger partial charge in [0.2, 0.25) is 5.95 Å². The number of para-hydroxylation sites is 1. The molecule has 0 bridgehead atoms. The van der Waals surface area contributed by atoms with Gasteiger partial charge in [0, 0.05) is 47.0 Å². The Morgan fingerprint density at radius 3 is 2.69 bits per heavy atom. The van der Waals surface area contributed by atoms with Crippen LogP contribution < -0.4 is 10.2 Å². The van der Waals surface area contributed by atoms with E-state index in [1.54, 1.807) is 0 Å². The van der Waals surface area contributed by atoms with Crippen LogP contribution in [0.3, 0.4) is 0 Å². The number of hydrogen-bond acceptors (Lipinski definition) is 4. The number of H-pyrrole nitrogens is 1. The molecule has 0 atom stereocenters. The Kier molecular flexibility index (Phi) is 3.56. The van der Waals surface area contributed by atoms with E-state index < -0.39 is 0 Å². The second-order valence-electron chi connectivity index (χ2n) is 6.50. The van der Waals surface area contributed by atoms with Crippen LogP contribution in [0.25, 0.3) is 21.9 Å². The normalized spacial score (nSPS) is 14.2. The van der Waals surface area contributed by atoms with Crippen molar-refractivity contribution in [3.05, 3.63) is 66.9 Å². The van der Waals surface area contributed by atoms with Gasteiger partial charge in [-0.3, -0.25) is 0 Å². The Morgan fingerprint density at radius 1 is 0.962 bits per heavy atom. The van der Waals surface area contributed by atoms with Crippen molar-refractivity contribution in [3.8, 4) is 0 Å². The van der Waals surface area contributed by atoms with Gasteiger partial charge in [0.05, 0.1) is 0 Å². The molecule has 0 amide bonds. The molecule has 5 rings (SSSR count). The number of fused-ring (bicyclic) bond motifs is 3. The molecule has 5 heteroatoms. The molecule has 2 aromatic heterocycles. The Balaban J connectivity index is 1.40. The van der Waals surface area contributed by atoms with Crippen LogP contribution in [0.2, 0.25) is 0 Å². The molecule has 4 aromatic rings. The summed E-state index contributed by atoms with van der Waals surface area (Å²) in [7, 11) is 0. The summed E-state index contributed by atoms with van der Waals surface area (Å²) in [5.41, 5.74) is 4.15. The van der Waals surface area contributed by atoms with Crippen LogP contribution in [0.4, 0.5) is 17.3 Å². The average molecular weight is 341 g/mol. The third-order valence-corrected chi connectivity index (χ3v) is 4.81. The first-order valence-electron chi connectivity index (χ1n) is 8.87. The second kappa shape index (κ2) is 6.19. The summed E-state index contributed by atoms with van der Waals surface area (Å²) < 4.78 is 0. The maximum absolute atomic E-state index is 4.62. The predicted molar refractivity (Wildman–Crippen MR) is 107 cm³/mol. The van der Waals surface area contributed by atoms with Crippen LogP contribution in [-0.2, 0) is 0 Å². The van der Waals surface area contributed by atoms with Crippen LogP contribution in [0.15, 0.2) is 66.9 Å². The molecule has 0 spiro atoms. The zero-order chi connectivity index (χ0) is 17.3. The molecule has 5 nitrogen and oxygen atoms in total. The van der Waals surface area contributed by atoms with Gasteiger partial charge >= 0.3 is 0 Å². The molecule has 1 aliphatic rings. The molecule has 2 N–H and O–H groups in total. The number of nitrogens with one attached hydrogen (secondary N) is 2. The molecular weight excluding hydrogens is 322 g/mol. The minimum atomic E-state index is 0.595. The minimum absolute atomic E-state index is 0.595. The number of aromatic amines is 1. The van der Waals surface area contributed by atoms with Gasteiger partial charge in [-0.15, -0.1) is 0 Å². The molecule has 0 aliphatic carbocycles. The van der Waals surface area contributed by atoms with Gasteiger partial charge in [-0.1, -0.05) is 30.4 Å². The van der Waals surface area contributed by atoms with E-state index in [9.17, 15) is 0 Å². The lowest BCUT2D eigenvalue weighted by Gasteiger charge is -2.25. The largest absolute Gasteiger partial charge is 0.367 e. The summed E-state index contributed by atoms with van der Waals surface area (Å²) in [6, 6.07) is 16.6. The molecule has 2 aromatic carbocycles. The number of benzene rings is 2. The highest BCUT2D eigenvalue weighted by Crippen LogP contribution is 2.25. The standard InChI is InChI=1S/C21H19N5/c1-4-12-26(13-5-1)16-10-8-15(9-11-16)23-21-22-14-18-17-6-2-3-7-19(17)24-20(18)25-21/h1-4,6-11,14H,5,12-13H2,(H2,22,23,24,25). The van der Waals surface area contributed by atoms with E-state index in [2.05, 4.69) is 73.7 Å². The van der Waals surface area contributed by atoms with Crippen molar-refractivity contribution in [1.82, 2.24) is 15.0 Å².